The van der Waals surface area contributed by atoms with Crippen LogP contribution in [0.25, 0.3) is 0 Å². The summed E-state index contributed by atoms with van der Waals surface area (Å²) >= 11 is 1.73. The van der Waals surface area contributed by atoms with Crippen LogP contribution in [0.4, 0.5) is 0 Å². The molecule has 1 saturated carbocycles. The molecular formula is C11H17NOS. The lowest BCUT2D eigenvalue weighted by Gasteiger charge is -2.45. The Hall–Kier alpha value is -0.380. The van der Waals surface area contributed by atoms with E-state index in [1.165, 1.54) is 12.0 Å². The van der Waals surface area contributed by atoms with Gasteiger partial charge in [0.05, 0.1) is 5.60 Å². The minimum Gasteiger partial charge on any atom is -0.377 e. The summed E-state index contributed by atoms with van der Waals surface area (Å²) in [6, 6.07) is 2.29. The first-order chi connectivity index (χ1) is 6.77. The Balaban J connectivity index is 1.98. The normalized spacial score (nSPS) is 21.6. The SMILES string of the molecule is COC1(C(N)Cc2ccsc2)CCC1. The molecule has 1 aromatic heterocycles. The summed E-state index contributed by atoms with van der Waals surface area (Å²) in [4.78, 5) is 0. The molecule has 14 heavy (non-hydrogen) atoms. The van der Waals surface area contributed by atoms with E-state index in [4.69, 9.17) is 10.5 Å². The van der Waals surface area contributed by atoms with E-state index < -0.39 is 0 Å². The number of nitrogens with two attached hydrogens (primary N) is 1. The molecule has 78 valence electrons. The summed E-state index contributed by atoms with van der Waals surface area (Å²) in [5.74, 6) is 0. The Bertz CT molecular complexity index is 274. The van der Waals surface area contributed by atoms with Crippen molar-refractivity contribution >= 4 is 11.3 Å². The first kappa shape index (κ1) is 10.1. The fraction of sp³-hybridized carbons (Fsp3) is 0.636. The van der Waals surface area contributed by atoms with Crippen molar-refractivity contribution in [3.8, 4) is 0 Å². The summed E-state index contributed by atoms with van der Waals surface area (Å²) in [5.41, 5.74) is 7.51. The maximum Gasteiger partial charge on any atom is 0.0832 e. The van der Waals surface area contributed by atoms with Crippen molar-refractivity contribution in [3.63, 3.8) is 0 Å². The van der Waals surface area contributed by atoms with E-state index in [0.717, 1.165) is 19.3 Å². The number of hydrogen-bond acceptors (Lipinski definition) is 3. The van der Waals surface area contributed by atoms with Gasteiger partial charge < -0.3 is 10.5 Å². The van der Waals surface area contributed by atoms with Gasteiger partial charge in [-0.3, -0.25) is 0 Å². The zero-order chi connectivity index (χ0) is 10.0. The van der Waals surface area contributed by atoms with Crippen LogP contribution in [0.3, 0.4) is 0 Å². The molecule has 1 atom stereocenters. The molecule has 2 N–H and O–H groups in total. The summed E-state index contributed by atoms with van der Waals surface area (Å²) in [6.07, 6.45) is 4.44. The lowest BCUT2D eigenvalue weighted by Crippen LogP contribution is -2.55. The molecule has 0 aliphatic heterocycles. The van der Waals surface area contributed by atoms with Gasteiger partial charge in [0, 0.05) is 13.2 Å². The third-order valence-electron chi connectivity index (χ3n) is 3.32. The second-order valence-corrected chi connectivity index (χ2v) is 4.84. The first-order valence-electron chi connectivity index (χ1n) is 5.09. The summed E-state index contributed by atoms with van der Waals surface area (Å²) in [5, 5.41) is 4.27. The van der Waals surface area contributed by atoms with Gasteiger partial charge in [0.1, 0.15) is 0 Å². The standard InChI is InChI=1S/C11H17NOS/c1-13-11(4-2-5-11)10(12)7-9-3-6-14-8-9/h3,6,8,10H,2,4-5,7,12H2,1H3. The van der Waals surface area contributed by atoms with E-state index in [2.05, 4.69) is 16.8 Å². The van der Waals surface area contributed by atoms with Crippen LogP contribution in [0.15, 0.2) is 16.8 Å². The Morgan fingerprint density at radius 2 is 2.43 bits per heavy atom. The summed E-state index contributed by atoms with van der Waals surface area (Å²) < 4.78 is 5.56. The van der Waals surface area contributed by atoms with E-state index in [-0.39, 0.29) is 11.6 Å². The third-order valence-corrected chi connectivity index (χ3v) is 4.05. The fourth-order valence-corrected chi connectivity index (χ4v) is 2.78. The third kappa shape index (κ3) is 1.72. The van der Waals surface area contributed by atoms with Gasteiger partial charge in [-0.15, -0.1) is 0 Å². The molecule has 0 aromatic carbocycles. The Labute approximate surface area is 89.1 Å². The lowest BCUT2D eigenvalue weighted by atomic mass is 9.73. The minimum atomic E-state index is -0.0259. The second kappa shape index (κ2) is 4.01. The van der Waals surface area contributed by atoms with Crippen LogP contribution in [0, 0.1) is 0 Å². The van der Waals surface area contributed by atoms with Crippen LogP contribution < -0.4 is 5.73 Å². The van der Waals surface area contributed by atoms with Crippen molar-refractivity contribution in [2.75, 3.05) is 7.11 Å². The van der Waals surface area contributed by atoms with E-state index >= 15 is 0 Å². The van der Waals surface area contributed by atoms with Crippen molar-refractivity contribution in [2.24, 2.45) is 5.73 Å². The molecule has 1 aromatic rings. The molecule has 0 spiro atoms. The van der Waals surface area contributed by atoms with Crippen molar-refractivity contribution in [1.29, 1.82) is 0 Å². The zero-order valence-electron chi connectivity index (χ0n) is 8.53. The monoisotopic (exact) mass is 211 g/mol. The van der Waals surface area contributed by atoms with Gasteiger partial charge in [-0.2, -0.15) is 11.3 Å². The van der Waals surface area contributed by atoms with Gasteiger partial charge in [-0.1, -0.05) is 0 Å². The molecule has 1 fully saturated rings. The highest BCUT2D eigenvalue weighted by Crippen LogP contribution is 2.38. The number of rotatable bonds is 4. The highest BCUT2D eigenvalue weighted by atomic mass is 32.1. The minimum absolute atomic E-state index is 0.0259. The molecular weight excluding hydrogens is 194 g/mol. The number of hydrogen-bond donors (Lipinski definition) is 1. The van der Waals surface area contributed by atoms with Crippen LogP contribution in [-0.4, -0.2) is 18.8 Å². The molecule has 1 unspecified atom stereocenters. The predicted molar refractivity (Wildman–Crippen MR) is 59.6 cm³/mol. The molecule has 0 amide bonds. The molecule has 0 radical (unpaired) electrons. The van der Waals surface area contributed by atoms with Crippen LogP contribution in [0.5, 0.6) is 0 Å². The van der Waals surface area contributed by atoms with E-state index in [0.29, 0.717) is 0 Å². The highest BCUT2D eigenvalue weighted by molar-refractivity contribution is 7.07. The first-order valence-corrected chi connectivity index (χ1v) is 6.03. The molecule has 0 saturated heterocycles. The number of methoxy groups -OCH3 is 1. The average Bonchev–Trinajstić information content (AvgIpc) is 2.55. The smallest absolute Gasteiger partial charge is 0.0832 e. The molecule has 1 heterocycles. The van der Waals surface area contributed by atoms with Crippen molar-refractivity contribution < 1.29 is 4.74 Å². The Morgan fingerprint density at radius 1 is 1.64 bits per heavy atom. The number of ether oxygens (including phenoxy) is 1. The molecule has 1 aliphatic rings. The molecule has 2 rings (SSSR count). The van der Waals surface area contributed by atoms with Crippen molar-refractivity contribution in [3.05, 3.63) is 22.4 Å². The van der Waals surface area contributed by atoms with E-state index in [1.54, 1.807) is 18.4 Å². The van der Waals surface area contributed by atoms with Gasteiger partial charge in [-0.25, -0.2) is 0 Å². The second-order valence-electron chi connectivity index (χ2n) is 4.06. The molecule has 0 bridgehead atoms. The molecule has 3 heteroatoms. The molecule has 2 nitrogen and oxygen atoms in total. The van der Waals surface area contributed by atoms with Gasteiger partial charge in [0.2, 0.25) is 0 Å². The van der Waals surface area contributed by atoms with E-state index in [1.807, 2.05) is 0 Å². The van der Waals surface area contributed by atoms with Gasteiger partial charge in [0.25, 0.3) is 0 Å². The van der Waals surface area contributed by atoms with Crippen molar-refractivity contribution in [2.45, 2.75) is 37.3 Å². The fourth-order valence-electron chi connectivity index (χ4n) is 2.10. The zero-order valence-corrected chi connectivity index (χ0v) is 9.35. The van der Waals surface area contributed by atoms with Crippen molar-refractivity contribution in [1.82, 2.24) is 0 Å². The number of thiophene rings is 1. The average molecular weight is 211 g/mol. The van der Waals surface area contributed by atoms with E-state index in [9.17, 15) is 0 Å². The Morgan fingerprint density at radius 3 is 2.86 bits per heavy atom. The van der Waals surface area contributed by atoms with Crippen LogP contribution in [-0.2, 0) is 11.2 Å². The topological polar surface area (TPSA) is 35.2 Å². The Kier molecular flexibility index (Phi) is 2.91. The van der Waals surface area contributed by atoms with Crippen LogP contribution >= 0.6 is 11.3 Å². The lowest BCUT2D eigenvalue weighted by molar-refractivity contribution is -0.0896. The van der Waals surface area contributed by atoms with Crippen LogP contribution in [0.1, 0.15) is 24.8 Å². The van der Waals surface area contributed by atoms with Gasteiger partial charge in [-0.05, 0) is 48.1 Å². The maximum absolute atomic E-state index is 6.20. The largest absolute Gasteiger partial charge is 0.377 e. The maximum atomic E-state index is 6.20. The van der Waals surface area contributed by atoms with Crippen LogP contribution in [0.2, 0.25) is 0 Å². The quantitative estimate of drug-likeness (QED) is 0.828. The van der Waals surface area contributed by atoms with Gasteiger partial charge >= 0.3 is 0 Å². The molecule has 1 aliphatic carbocycles. The summed E-state index contributed by atoms with van der Waals surface area (Å²) in [7, 11) is 1.78. The summed E-state index contributed by atoms with van der Waals surface area (Å²) in [6.45, 7) is 0. The highest BCUT2D eigenvalue weighted by Gasteiger charge is 2.42. The van der Waals surface area contributed by atoms with Gasteiger partial charge in [0.15, 0.2) is 0 Å². The predicted octanol–water partition coefficient (Wildman–Crippen LogP) is 2.19.